The van der Waals surface area contributed by atoms with Gasteiger partial charge in [-0.3, -0.25) is 9.89 Å². The molecule has 1 aromatic rings. The van der Waals surface area contributed by atoms with E-state index in [1.165, 1.54) is 5.56 Å². The third-order valence-corrected chi connectivity index (χ3v) is 3.94. The highest BCUT2D eigenvalue weighted by Gasteiger charge is 2.19. The van der Waals surface area contributed by atoms with Crippen LogP contribution >= 0.6 is 24.0 Å². The van der Waals surface area contributed by atoms with Crippen LogP contribution in [0.1, 0.15) is 12.0 Å². The zero-order chi connectivity index (χ0) is 15.6. The first kappa shape index (κ1) is 20.2. The van der Waals surface area contributed by atoms with E-state index in [0.29, 0.717) is 0 Å². The summed E-state index contributed by atoms with van der Waals surface area (Å²) >= 11 is 0. The Hall–Kier alpha value is -0.860. The summed E-state index contributed by atoms with van der Waals surface area (Å²) in [4.78, 5) is 9.24. The molecule has 0 aliphatic carbocycles. The predicted octanol–water partition coefficient (Wildman–Crippen LogP) is 2.03. The van der Waals surface area contributed by atoms with Crippen LogP contribution in [0.3, 0.4) is 0 Å². The van der Waals surface area contributed by atoms with Gasteiger partial charge >= 0.3 is 0 Å². The summed E-state index contributed by atoms with van der Waals surface area (Å²) in [5.41, 5.74) is 1.39. The first-order valence-electron chi connectivity index (χ1n) is 8.04. The Morgan fingerprint density at radius 1 is 1.17 bits per heavy atom. The summed E-state index contributed by atoms with van der Waals surface area (Å²) in [7, 11) is 3.59. The van der Waals surface area contributed by atoms with E-state index in [1.807, 2.05) is 7.05 Å². The van der Waals surface area contributed by atoms with Crippen molar-refractivity contribution in [1.29, 1.82) is 0 Å². The molecule has 1 aliphatic rings. The van der Waals surface area contributed by atoms with Crippen molar-refractivity contribution in [2.24, 2.45) is 4.99 Å². The van der Waals surface area contributed by atoms with Gasteiger partial charge in [0.1, 0.15) is 0 Å². The van der Waals surface area contributed by atoms with Crippen LogP contribution in [0.25, 0.3) is 0 Å². The highest BCUT2D eigenvalue weighted by molar-refractivity contribution is 14.0. The lowest BCUT2D eigenvalue weighted by Crippen LogP contribution is -2.52. The van der Waals surface area contributed by atoms with Gasteiger partial charge in [0.05, 0.1) is 0 Å². The van der Waals surface area contributed by atoms with E-state index >= 15 is 0 Å². The van der Waals surface area contributed by atoms with Gasteiger partial charge in [0.2, 0.25) is 0 Å². The number of piperazine rings is 1. The van der Waals surface area contributed by atoms with Gasteiger partial charge in [0.25, 0.3) is 0 Å². The number of rotatable bonds is 6. The van der Waals surface area contributed by atoms with Crippen LogP contribution in [0.2, 0.25) is 0 Å². The maximum atomic E-state index is 5.07. The molecule has 1 aliphatic heterocycles. The molecule has 0 unspecified atom stereocenters. The Bertz CT molecular complexity index is 447. The summed E-state index contributed by atoms with van der Waals surface area (Å²) in [6, 6.07) is 10.7. The lowest BCUT2D eigenvalue weighted by atomic mass is 10.2. The largest absolute Gasteiger partial charge is 0.385 e. The monoisotopic (exact) mass is 432 g/mol. The average molecular weight is 432 g/mol. The summed E-state index contributed by atoms with van der Waals surface area (Å²) in [6.07, 6.45) is 1.00. The minimum absolute atomic E-state index is 0. The summed E-state index contributed by atoms with van der Waals surface area (Å²) < 4.78 is 5.07. The van der Waals surface area contributed by atoms with Crippen LogP contribution < -0.4 is 5.32 Å². The van der Waals surface area contributed by atoms with Gasteiger partial charge in [-0.05, 0) is 12.0 Å². The van der Waals surface area contributed by atoms with Gasteiger partial charge in [0.15, 0.2) is 5.96 Å². The fraction of sp³-hybridized carbons (Fsp3) is 0.588. The maximum Gasteiger partial charge on any atom is 0.193 e. The van der Waals surface area contributed by atoms with E-state index in [4.69, 9.17) is 4.74 Å². The van der Waals surface area contributed by atoms with E-state index in [2.05, 4.69) is 50.4 Å². The molecule has 0 saturated carbocycles. The average Bonchev–Trinajstić information content (AvgIpc) is 2.57. The minimum Gasteiger partial charge on any atom is -0.385 e. The highest BCUT2D eigenvalue weighted by Crippen LogP contribution is 2.08. The van der Waals surface area contributed by atoms with Crippen molar-refractivity contribution < 1.29 is 4.74 Å². The first-order chi connectivity index (χ1) is 10.8. The van der Waals surface area contributed by atoms with Gasteiger partial charge in [0, 0.05) is 60.0 Å². The predicted molar refractivity (Wildman–Crippen MR) is 107 cm³/mol. The summed E-state index contributed by atoms with van der Waals surface area (Å²) in [5.74, 6) is 1.01. The second-order valence-corrected chi connectivity index (χ2v) is 5.57. The van der Waals surface area contributed by atoms with Crippen molar-refractivity contribution >= 4 is 29.9 Å². The zero-order valence-corrected chi connectivity index (χ0v) is 16.5. The van der Waals surface area contributed by atoms with Gasteiger partial charge in [-0.2, -0.15) is 0 Å². The molecule has 1 aromatic carbocycles. The van der Waals surface area contributed by atoms with Crippen LogP contribution in [-0.4, -0.2) is 69.2 Å². The van der Waals surface area contributed by atoms with Gasteiger partial charge in [-0.25, -0.2) is 0 Å². The number of hydrogen-bond donors (Lipinski definition) is 1. The molecule has 0 spiro atoms. The number of halogens is 1. The van der Waals surface area contributed by atoms with Crippen LogP contribution in [0.4, 0.5) is 0 Å². The van der Waals surface area contributed by atoms with Gasteiger partial charge in [-0.1, -0.05) is 30.3 Å². The van der Waals surface area contributed by atoms with Crippen LogP contribution in [0.5, 0.6) is 0 Å². The number of nitrogens with one attached hydrogen (secondary N) is 1. The van der Waals surface area contributed by atoms with Crippen molar-refractivity contribution in [1.82, 2.24) is 15.1 Å². The fourth-order valence-electron chi connectivity index (χ4n) is 2.71. The van der Waals surface area contributed by atoms with Crippen molar-refractivity contribution in [3.05, 3.63) is 35.9 Å². The van der Waals surface area contributed by atoms with E-state index in [0.717, 1.165) is 58.3 Å². The molecule has 1 heterocycles. The number of guanidine groups is 1. The van der Waals surface area contributed by atoms with E-state index < -0.39 is 0 Å². The molecule has 6 heteroatoms. The summed E-state index contributed by atoms with van der Waals surface area (Å²) in [5, 5.41) is 3.42. The molecule has 0 amide bonds. The number of ether oxygens (including phenoxy) is 1. The third kappa shape index (κ3) is 7.05. The molecule has 5 nitrogen and oxygen atoms in total. The molecular weight excluding hydrogens is 403 g/mol. The quantitative estimate of drug-likeness (QED) is 0.323. The zero-order valence-electron chi connectivity index (χ0n) is 14.2. The molecule has 1 saturated heterocycles. The lowest BCUT2D eigenvalue weighted by molar-refractivity contribution is 0.171. The Morgan fingerprint density at radius 3 is 2.48 bits per heavy atom. The molecule has 130 valence electrons. The molecule has 0 bridgehead atoms. The van der Waals surface area contributed by atoms with Crippen molar-refractivity contribution in [2.75, 3.05) is 53.5 Å². The number of hydrogen-bond acceptors (Lipinski definition) is 3. The highest BCUT2D eigenvalue weighted by atomic mass is 127. The Labute approximate surface area is 157 Å². The SMILES string of the molecule is CN=C(NCCCOC)N1CCN(Cc2ccccc2)CC1.I. The number of nitrogens with zero attached hydrogens (tertiary/aromatic N) is 3. The van der Waals surface area contributed by atoms with Crippen LogP contribution in [0.15, 0.2) is 35.3 Å². The molecule has 23 heavy (non-hydrogen) atoms. The maximum absolute atomic E-state index is 5.07. The Balaban J connectivity index is 0.00000264. The number of methoxy groups -OCH3 is 1. The topological polar surface area (TPSA) is 40.1 Å². The normalized spacial score (nSPS) is 16.1. The number of aliphatic imine (C=N–C) groups is 1. The third-order valence-electron chi connectivity index (χ3n) is 3.94. The molecule has 0 aromatic heterocycles. The van der Waals surface area contributed by atoms with Crippen molar-refractivity contribution in [2.45, 2.75) is 13.0 Å². The van der Waals surface area contributed by atoms with E-state index in [1.54, 1.807) is 7.11 Å². The smallest absolute Gasteiger partial charge is 0.193 e. The molecule has 1 fully saturated rings. The second-order valence-electron chi connectivity index (χ2n) is 5.57. The van der Waals surface area contributed by atoms with E-state index in [9.17, 15) is 0 Å². The van der Waals surface area contributed by atoms with E-state index in [-0.39, 0.29) is 24.0 Å². The number of benzene rings is 1. The summed E-state index contributed by atoms with van der Waals surface area (Å²) in [6.45, 7) is 6.93. The Morgan fingerprint density at radius 2 is 1.87 bits per heavy atom. The minimum atomic E-state index is 0. The standard InChI is InChI=1S/C17H28N4O.HI/c1-18-17(19-9-6-14-22-2)21-12-10-20(11-13-21)15-16-7-4-3-5-8-16;/h3-5,7-8H,6,9-15H2,1-2H3,(H,18,19);1H. The van der Waals surface area contributed by atoms with Gasteiger partial charge < -0.3 is 15.0 Å². The fourth-order valence-corrected chi connectivity index (χ4v) is 2.71. The van der Waals surface area contributed by atoms with Crippen molar-refractivity contribution in [3.8, 4) is 0 Å². The van der Waals surface area contributed by atoms with Gasteiger partial charge in [-0.15, -0.1) is 24.0 Å². The molecule has 2 rings (SSSR count). The first-order valence-corrected chi connectivity index (χ1v) is 8.04. The molecule has 0 radical (unpaired) electrons. The lowest BCUT2D eigenvalue weighted by Gasteiger charge is -2.36. The second kappa shape index (κ2) is 11.6. The Kier molecular flexibility index (Phi) is 10.2. The molecule has 1 N–H and O–H groups in total. The molecule has 0 atom stereocenters. The molecular formula is C17H29IN4O. The van der Waals surface area contributed by atoms with Crippen molar-refractivity contribution in [3.63, 3.8) is 0 Å². The van der Waals surface area contributed by atoms with Crippen LogP contribution in [-0.2, 0) is 11.3 Å². The van der Waals surface area contributed by atoms with Crippen LogP contribution in [0, 0.1) is 0 Å².